The van der Waals surface area contributed by atoms with Crippen LogP contribution >= 0.6 is 0 Å². The molecule has 0 aliphatic carbocycles. The number of H-pyrrole nitrogens is 1. The van der Waals surface area contributed by atoms with Crippen LogP contribution in [0.15, 0.2) is 54.6 Å². The molecule has 5 heteroatoms. The number of benzene rings is 2. The molecule has 1 fully saturated rings. The molecular weight excluding hydrogens is 312 g/mol. The summed E-state index contributed by atoms with van der Waals surface area (Å²) in [5, 5.41) is 8.15. The molecule has 1 N–H and O–H groups in total. The first-order chi connectivity index (χ1) is 12.3. The van der Waals surface area contributed by atoms with E-state index < -0.39 is 0 Å². The SMILES string of the molecule is CCC1CN(c2ccccc2)CCN1C(=O)c1n[nH]c2ccccc12. The van der Waals surface area contributed by atoms with E-state index in [-0.39, 0.29) is 11.9 Å². The zero-order valence-electron chi connectivity index (χ0n) is 14.4. The number of nitrogens with zero attached hydrogens (tertiary/aromatic N) is 3. The summed E-state index contributed by atoms with van der Waals surface area (Å²) in [4.78, 5) is 17.5. The van der Waals surface area contributed by atoms with Crippen molar-refractivity contribution in [1.29, 1.82) is 0 Å². The summed E-state index contributed by atoms with van der Waals surface area (Å²) in [6.45, 7) is 4.55. The summed E-state index contributed by atoms with van der Waals surface area (Å²) < 4.78 is 0. The standard InChI is InChI=1S/C20H22N4O/c1-2-15-14-23(16-8-4-3-5-9-16)12-13-24(15)20(25)19-17-10-6-7-11-18(17)21-22-19/h3-11,15H,2,12-14H2,1H3,(H,21,22). The number of amides is 1. The Kier molecular flexibility index (Phi) is 4.14. The van der Waals surface area contributed by atoms with E-state index in [1.165, 1.54) is 5.69 Å². The monoisotopic (exact) mass is 334 g/mol. The molecule has 1 atom stereocenters. The van der Waals surface area contributed by atoms with Gasteiger partial charge in [0.2, 0.25) is 0 Å². The van der Waals surface area contributed by atoms with Gasteiger partial charge in [0.25, 0.3) is 5.91 Å². The Hall–Kier alpha value is -2.82. The highest BCUT2D eigenvalue weighted by molar-refractivity contribution is 6.04. The fraction of sp³-hybridized carbons (Fsp3) is 0.300. The van der Waals surface area contributed by atoms with Crippen LogP contribution in [0.2, 0.25) is 0 Å². The molecule has 25 heavy (non-hydrogen) atoms. The largest absolute Gasteiger partial charge is 0.368 e. The van der Waals surface area contributed by atoms with Gasteiger partial charge in [-0.1, -0.05) is 43.3 Å². The Bertz CT molecular complexity index is 874. The number of anilines is 1. The summed E-state index contributed by atoms with van der Waals surface area (Å²) in [5.74, 6) is 0.0250. The van der Waals surface area contributed by atoms with Crippen molar-refractivity contribution in [2.24, 2.45) is 0 Å². The second-order valence-corrected chi connectivity index (χ2v) is 6.46. The zero-order valence-corrected chi connectivity index (χ0v) is 14.4. The molecule has 1 aliphatic rings. The Morgan fingerprint density at radius 2 is 1.88 bits per heavy atom. The van der Waals surface area contributed by atoms with Gasteiger partial charge in [-0.05, 0) is 24.6 Å². The number of hydrogen-bond acceptors (Lipinski definition) is 3. The third kappa shape index (κ3) is 2.86. The quantitative estimate of drug-likeness (QED) is 0.799. The number of carbonyl (C=O) groups excluding carboxylic acids is 1. The number of rotatable bonds is 3. The fourth-order valence-corrected chi connectivity index (χ4v) is 3.61. The van der Waals surface area contributed by atoms with Gasteiger partial charge >= 0.3 is 0 Å². The lowest BCUT2D eigenvalue weighted by Crippen LogP contribution is -2.55. The molecule has 5 nitrogen and oxygen atoms in total. The van der Waals surface area contributed by atoms with E-state index in [4.69, 9.17) is 0 Å². The summed E-state index contributed by atoms with van der Waals surface area (Å²) >= 11 is 0. The maximum absolute atomic E-state index is 13.1. The molecule has 1 saturated heterocycles. The van der Waals surface area contributed by atoms with E-state index in [0.717, 1.165) is 30.4 Å². The average molecular weight is 334 g/mol. The van der Waals surface area contributed by atoms with Crippen molar-refractivity contribution in [1.82, 2.24) is 15.1 Å². The number of carbonyl (C=O) groups is 1. The lowest BCUT2D eigenvalue weighted by atomic mass is 10.1. The lowest BCUT2D eigenvalue weighted by Gasteiger charge is -2.42. The Balaban J connectivity index is 1.57. The minimum Gasteiger partial charge on any atom is -0.368 e. The van der Waals surface area contributed by atoms with Crippen molar-refractivity contribution in [2.75, 3.05) is 24.5 Å². The number of aromatic amines is 1. The predicted octanol–water partition coefficient (Wildman–Crippen LogP) is 3.30. The Labute approximate surface area is 147 Å². The van der Waals surface area contributed by atoms with Crippen LogP contribution in [0.1, 0.15) is 23.8 Å². The van der Waals surface area contributed by atoms with Crippen LogP contribution in [-0.4, -0.2) is 46.7 Å². The summed E-state index contributed by atoms with van der Waals surface area (Å²) in [6.07, 6.45) is 0.928. The van der Waals surface area contributed by atoms with Crippen LogP contribution < -0.4 is 4.90 Å². The molecule has 0 radical (unpaired) electrons. The van der Waals surface area contributed by atoms with Crippen LogP contribution in [0.25, 0.3) is 10.9 Å². The molecule has 1 aliphatic heterocycles. The third-order valence-electron chi connectivity index (χ3n) is 5.01. The molecule has 1 aromatic heterocycles. The highest BCUT2D eigenvalue weighted by atomic mass is 16.2. The molecule has 0 bridgehead atoms. The topological polar surface area (TPSA) is 52.2 Å². The minimum absolute atomic E-state index is 0.0250. The van der Waals surface area contributed by atoms with Crippen molar-refractivity contribution in [3.63, 3.8) is 0 Å². The molecule has 0 saturated carbocycles. The van der Waals surface area contributed by atoms with E-state index in [1.807, 2.05) is 35.2 Å². The normalized spacial score (nSPS) is 17.9. The van der Waals surface area contributed by atoms with E-state index in [2.05, 4.69) is 46.3 Å². The first-order valence-electron chi connectivity index (χ1n) is 8.82. The molecule has 1 unspecified atom stereocenters. The fourth-order valence-electron chi connectivity index (χ4n) is 3.61. The van der Waals surface area contributed by atoms with Crippen LogP contribution in [0.4, 0.5) is 5.69 Å². The first-order valence-corrected chi connectivity index (χ1v) is 8.82. The zero-order chi connectivity index (χ0) is 17.2. The molecule has 2 aromatic carbocycles. The molecule has 1 amide bonds. The van der Waals surface area contributed by atoms with E-state index in [1.54, 1.807) is 0 Å². The number of para-hydroxylation sites is 2. The van der Waals surface area contributed by atoms with Crippen LogP contribution in [0.3, 0.4) is 0 Å². The minimum atomic E-state index is 0.0250. The molecule has 2 heterocycles. The maximum atomic E-state index is 13.1. The number of fused-ring (bicyclic) bond motifs is 1. The van der Waals surface area contributed by atoms with E-state index in [9.17, 15) is 4.79 Å². The van der Waals surface area contributed by atoms with Crippen LogP contribution in [0, 0.1) is 0 Å². The molecule has 0 spiro atoms. The molecule has 4 rings (SSSR count). The van der Waals surface area contributed by atoms with Crippen LogP contribution in [0.5, 0.6) is 0 Å². The smallest absolute Gasteiger partial charge is 0.275 e. The van der Waals surface area contributed by atoms with Gasteiger partial charge in [-0.3, -0.25) is 9.89 Å². The van der Waals surface area contributed by atoms with E-state index in [0.29, 0.717) is 12.2 Å². The van der Waals surface area contributed by atoms with Crippen molar-refractivity contribution in [2.45, 2.75) is 19.4 Å². The van der Waals surface area contributed by atoms with Gasteiger partial charge in [0, 0.05) is 36.7 Å². The van der Waals surface area contributed by atoms with Gasteiger partial charge in [0.15, 0.2) is 5.69 Å². The summed E-state index contributed by atoms with van der Waals surface area (Å²) in [7, 11) is 0. The second kappa shape index (κ2) is 6.59. The van der Waals surface area contributed by atoms with Crippen LogP contribution in [-0.2, 0) is 0 Å². The highest BCUT2D eigenvalue weighted by Crippen LogP contribution is 2.23. The van der Waals surface area contributed by atoms with Gasteiger partial charge in [-0.15, -0.1) is 0 Å². The van der Waals surface area contributed by atoms with E-state index >= 15 is 0 Å². The van der Waals surface area contributed by atoms with Gasteiger partial charge in [0.05, 0.1) is 5.52 Å². The first kappa shape index (κ1) is 15.7. The molecule has 128 valence electrons. The third-order valence-corrected chi connectivity index (χ3v) is 5.01. The average Bonchev–Trinajstić information content (AvgIpc) is 3.12. The summed E-state index contributed by atoms with van der Waals surface area (Å²) in [6, 6.07) is 18.4. The molecule has 3 aromatic rings. The van der Waals surface area contributed by atoms with Gasteiger partial charge in [-0.25, -0.2) is 0 Å². The summed E-state index contributed by atoms with van der Waals surface area (Å²) in [5.41, 5.74) is 2.65. The number of hydrogen-bond donors (Lipinski definition) is 1. The molecular formula is C20H22N4O. The predicted molar refractivity (Wildman–Crippen MR) is 99.9 cm³/mol. The van der Waals surface area contributed by atoms with Crippen molar-refractivity contribution < 1.29 is 4.79 Å². The maximum Gasteiger partial charge on any atom is 0.275 e. The number of piperazine rings is 1. The Morgan fingerprint density at radius 1 is 1.12 bits per heavy atom. The number of nitrogens with one attached hydrogen (secondary N) is 1. The van der Waals surface area contributed by atoms with Crippen molar-refractivity contribution in [3.8, 4) is 0 Å². The highest BCUT2D eigenvalue weighted by Gasteiger charge is 2.31. The second-order valence-electron chi connectivity index (χ2n) is 6.46. The van der Waals surface area contributed by atoms with Crippen molar-refractivity contribution >= 4 is 22.5 Å². The van der Waals surface area contributed by atoms with Gasteiger partial charge in [-0.2, -0.15) is 5.10 Å². The van der Waals surface area contributed by atoms with Gasteiger partial charge in [0.1, 0.15) is 0 Å². The number of aromatic nitrogens is 2. The Morgan fingerprint density at radius 3 is 2.68 bits per heavy atom. The van der Waals surface area contributed by atoms with Gasteiger partial charge < -0.3 is 9.80 Å². The lowest BCUT2D eigenvalue weighted by molar-refractivity contribution is 0.0647. The van der Waals surface area contributed by atoms with Crippen molar-refractivity contribution in [3.05, 3.63) is 60.3 Å².